The molecule has 0 heterocycles. The summed E-state index contributed by atoms with van der Waals surface area (Å²) in [7, 11) is 0. The van der Waals surface area contributed by atoms with E-state index in [0.717, 1.165) is 5.69 Å². The quantitative estimate of drug-likeness (QED) is 0.708. The van der Waals surface area contributed by atoms with E-state index in [4.69, 9.17) is 5.73 Å². The van der Waals surface area contributed by atoms with E-state index in [2.05, 4.69) is 39.8 Å². The third-order valence-electron chi connectivity index (χ3n) is 2.40. The van der Waals surface area contributed by atoms with Crippen molar-refractivity contribution in [2.24, 2.45) is 0 Å². The van der Waals surface area contributed by atoms with Gasteiger partial charge in [-0.15, -0.1) is 0 Å². The normalized spacial score (nSPS) is 10.1. The minimum atomic E-state index is 0.513. The number of hydrogen-bond donors (Lipinski definition) is 1. The van der Waals surface area contributed by atoms with Crippen LogP contribution < -0.4 is 5.73 Å². The van der Waals surface area contributed by atoms with Crippen molar-refractivity contribution in [3.05, 3.63) is 29.3 Å². The molecule has 1 aromatic rings. The number of rotatable bonds is 2. The Morgan fingerprint density at radius 2 is 1.47 bits per heavy atom. The van der Waals surface area contributed by atoms with E-state index in [0.29, 0.717) is 11.8 Å². The average Bonchev–Trinajstić information content (AvgIpc) is 2.20. The fourth-order valence-electron chi connectivity index (χ4n) is 1.45. The van der Waals surface area contributed by atoms with Crippen LogP contribution in [0.5, 0.6) is 0 Å². The molecule has 1 heteroatoms. The molecule has 0 aromatic heterocycles. The van der Waals surface area contributed by atoms with E-state index >= 15 is 0 Å². The highest BCUT2D eigenvalue weighted by molar-refractivity contribution is 5.50. The smallest absolute Gasteiger partial charge is 0.0349 e. The second kappa shape index (κ2) is 6.49. The van der Waals surface area contributed by atoms with E-state index < -0.39 is 0 Å². The van der Waals surface area contributed by atoms with E-state index in [9.17, 15) is 0 Å². The zero-order valence-electron chi connectivity index (χ0n) is 11.0. The summed E-state index contributed by atoms with van der Waals surface area (Å²) in [5.41, 5.74) is 9.45. The van der Waals surface area contributed by atoms with Gasteiger partial charge >= 0.3 is 0 Å². The molecule has 0 radical (unpaired) electrons. The van der Waals surface area contributed by atoms with Gasteiger partial charge in [-0.25, -0.2) is 0 Å². The summed E-state index contributed by atoms with van der Waals surface area (Å²) in [5.74, 6) is 1.09. The summed E-state index contributed by atoms with van der Waals surface area (Å²) in [6.45, 7) is 12.8. The maximum atomic E-state index is 5.89. The molecule has 15 heavy (non-hydrogen) atoms. The molecule has 0 amide bonds. The first-order valence-corrected chi connectivity index (χ1v) is 5.91. The molecule has 0 unspecified atom stereocenters. The van der Waals surface area contributed by atoms with Crippen LogP contribution in [0.4, 0.5) is 5.69 Å². The lowest BCUT2D eigenvalue weighted by atomic mass is 9.94. The second-order valence-electron chi connectivity index (χ2n) is 4.20. The molecular weight excluding hydrogens is 182 g/mol. The van der Waals surface area contributed by atoms with Crippen LogP contribution in [-0.4, -0.2) is 0 Å². The van der Waals surface area contributed by atoms with Crippen molar-refractivity contribution in [3.63, 3.8) is 0 Å². The van der Waals surface area contributed by atoms with Crippen LogP contribution in [0.15, 0.2) is 18.2 Å². The third-order valence-corrected chi connectivity index (χ3v) is 2.40. The van der Waals surface area contributed by atoms with Crippen LogP contribution in [0.2, 0.25) is 0 Å². The van der Waals surface area contributed by atoms with Gasteiger partial charge in [0.05, 0.1) is 0 Å². The summed E-state index contributed by atoms with van der Waals surface area (Å²) in [4.78, 5) is 0. The molecule has 0 aliphatic carbocycles. The Hall–Kier alpha value is -0.980. The Morgan fingerprint density at radius 3 is 1.87 bits per heavy atom. The predicted octanol–water partition coefficient (Wildman–Crippen LogP) is 4.54. The molecule has 1 rings (SSSR count). The summed E-state index contributed by atoms with van der Waals surface area (Å²) < 4.78 is 0. The SMILES string of the molecule is CC.CC(C)c1ccc(N)c(C(C)C)c1. The summed E-state index contributed by atoms with van der Waals surface area (Å²) in [5, 5.41) is 0. The Labute approximate surface area is 94.7 Å². The zero-order valence-corrected chi connectivity index (χ0v) is 11.0. The van der Waals surface area contributed by atoms with Gasteiger partial charge in [0.1, 0.15) is 0 Å². The molecule has 0 aliphatic heterocycles. The molecule has 0 fully saturated rings. The lowest BCUT2D eigenvalue weighted by Gasteiger charge is -2.13. The molecule has 0 spiro atoms. The molecule has 0 saturated heterocycles. The van der Waals surface area contributed by atoms with Crippen LogP contribution in [0, 0.1) is 0 Å². The predicted molar refractivity (Wildman–Crippen MR) is 70.4 cm³/mol. The molecule has 0 saturated carbocycles. The van der Waals surface area contributed by atoms with Gasteiger partial charge in [0.2, 0.25) is 0 Å². The minimum absolute atomic E-state index is 0.513. The second-order valence-corrected chi connectivity index (χ2v) is 4.20. The van der Waals surface area contributed by atoms with E-state index in [-0.39, 0.29) is 0 Å². The third kappa shape index (κ3) is 3.94. The van der Waals surface area contributed by atoms with Crippen LogP contribution in [0.1, 0.15) is 64.5 Å². The van der Waals surface area contributed by atoms with Crippen molar-refractivity contribution in [1.29, 1.82) is 0 Å². The first kappa shape index (κ1) is 14.0. The largest absolute Gasteiger partial charge is 0.398 e. The number of benzene rings is 1. The summed E-state index contributed by atoms with van der Waals surface area (Å²) in [6, 6.07) is 6.36. The van der Waals surface area contributed by atoms with Crippen molar-refractivity contribution >= 4 is 5.69 Å². The molecular formula is C14H25N. The Bertz CT molecular complexity index is 287. The lowest BCUT2D eigenvalue weighted by Crippen LogP contribution is -1.98. The highest BCUT2D eigenvalue weighted by atomic mass is 14.6. The molecule has 1 nitrogen and oxygen atoms in total. The van der Waals surface area contributed by atoms with Crippen molar-refractivity contribution < 1.29 is 0 Å². The average molecular weight is 207 g/mol. The Balaban J connectivity index is 0.000000921. The van der Waals surface area contributed by atoms with Gasteiger partial charge in [-0.05, 0) is 29.0 Å². The van der Waals surface area contributed by atoms with Gasteiger partial charge in [-0.3, -0.25) is 0 Å². The number of nitrogens with two attached hydrogens (primary N) is 1. The number of hydrogen-bond acceptors (Lipinski definition) is 1. The van der Waals surface area contributed by atoms with Crippen molar-refractivity contribution in [2.45, 2.75) is 53.4 Å². The highest BCUT2D eigenvalue weighted by Crippen LogP contribution is 2.25. The van der Waals surface area contributed by atoms with Crippen LogP contribution in [0.3, 0.4) is 0 Å². The maximum absolute atomic E-state index is 5.89. The first-order valence-electron chi connectivity index (χ1n) is 5.91. The fraction of sp³-hybridized carbons (Fsp3) is 0.571. The molecule has 0 atom stereocenters. The fourth-order valence-corrected chi connectivity index (χ4v) is 1.45. The van der Waals surface area contributed by atoms with Gasteiger partial charge in [0.15, 0.2) is 0 Å². The molecule has 0 aliphatic rings. The molecule has 86 valence electrons. The molecule has 0 bridgehead atoms. The highest BCUT2D eigenvalue weighted by Gasteiger charge is 2.06. The van der Waals surface area contributed by atoms with E-state index in [1.165, 1.54) is 11.1 Å². The summed E-state index contributed by atoms with van der Waals surface area (Å²) >= 11 is 0. The Kier molecular flexibility index (Phi) is 6.07. The van der Waals surface area contributed by atoms with Crippen LogP contribution in [-0.2, 0) is 0 Å². The number of anilines is 1. The van der Waals surface area contributed by atoms with Gasteiger partial charge in [0, 0.05) is 5.69 Å². The minimum Gasteiger partial charge on any atom is -0.398 e. The Morgan fingerprint density at radius 1 is 0.933 bits per heavy atom. The van der Waals surface area contributed by atoms with Gasteiger partial charge in [-0.2, -0.15) is 0 Å². The van der Waals surface area contributed by atoms with Gasteiger partial charge < -0.3 is 5.73 Å². The molecule has 1 aromatic carbocycles. The maximum Gasteiger partial charge on any atom is 0.0349 e. The monoisotopic (exact) mass is 207 g/mol. The summed E-state index contributed by atoms with van der Waals surface area (Å²) in [6.07, 6.45) is 0. The molecule has 2 N–H and O–H groups in total. The lowest BCUT2D eigenvalue weighted by molar-refractivity contribution is 0.836. The number of nitrogen functional groups attached to an aromatic ring is 1. The van der Waals surface area contributed by atoms with Gasteiger partial charge in [0.25, 0.3) is 0 Å². The van der Waals surface area contributed by atoms with Crippen molar-refractivity contribution in [1.82, 2.24) is 0 Å². The zero-order chi connectivity index (χ0) is 12.0. The van der Waals surface area contributed by atoms with E-state index in [1.807, 2.05) is 19.9 Å². The first-order chi connectivity index (χ1) is 7.02. The van der Waals surface area contributed by atoms with Gasteiger partial charge in [-0.1, -0.05) is 53.7 Å². The van der Waals surface area contributed by atoms with Crippen LogP contribution in [0.25, 0.3) is 0 Å². The topological polar surface area (TPSA) is 26.0 Å². The van der Waals surface area contributed by atoms with Crippen molar-refractivity contribution in [3.8, 4) is 0 Å². The van der Waals surface area contributed by atoms with Crippen LogP contribution >= 0.6 is 0 Å². The van der Waals surface area contributed by atoms with Crippen molar-refractivity contribution in [2.75, 3.05) is 5.73 Å². The standard InChI is InChI=1S/C12H19N.C2H6/c1-8(2)10-5-6-12(13)11(7-10)9(3)4;1-2/h5-9H,13H2,1-4H3;1-2H3. The van der Waals surface area contributed by atoms with E-state index in [1.54, 1.807) is 0 Å².